The van der Waals surface area contributed by atoms with Crippen LogP contribution in [0.4, 0.5) is 8.78 Å². The largest absolute Gasteiger partial charge is 0.461 e. The van der Waals surface area contributed by atoms with Gasteiger partial charge in [-0.1, -0.05) is 98.1 Å². The number of benzene rings is 4. The number of aliphatic hydroxyl groups excluding tert-OH is 2. The molecule has 0 atom stereocenters. The number of carbonyl (C=O) groups excluding carboxylic acids is 2. The van der Waals surface area contributed by atoms with Crippen LogP contribution in [-0.4, -0.2) is 48.6 Å². The molecule has 2 N–H and O–H groups in total. The maximum atomic E-state index is 15.7. The lowest BCUT2D eigenvalue weighted by atomic mass is 9.83. The molecule has 4 aromatic rings. The van der Waals surface area contributed by atoms with Crippen molar-refractivity contribution in [1.82, 2.24) is 0 Å². The zero-order valence-corrected chi connectivity index (χ0v) is 28.0. The molecule has 0 aromatic heterocycles. The van der Waals surface area contributed by atoms with Gasteiger partial charge in [0.15, 0.2) is 11.6 Å². The van der Waals surface area contributed by atoms with Crippen LogP contribution in [0.25, 0.3) is 33.4 Å². The van der Waals surface area contributed by atoms with E-state index in [4.69, 9.17) is 19.7 Å². The van der Waals surface area contributed by atoms with E-state index in [1.54, 1.807) is 36.4 Å². The van der Waals surface area contributed by atoms with E-state index in [0.717, 1.165) is 36.8 Å². The second kappa shape index (κ2) is 16.5. The van der Waals surface area contributed by atoms with E-state index < -0.39 is 42.7 Å². The van der Waals surface area contributed by atoms with E-state index in [1.807, 2.05) is 25.1 Å². The fraction of sp³-hybridized carbons (Fsp3) is 0.238. The molecule has 0 saturated carbocycles. The van der Waals surface area contributed by atoms with Crippen LogP contribution in [-0.2, 0) is 38.3 Å². The maximum absolute atomic E-state index is 15.7. The summed E-state index contributed by atoms with van der Waals surface area (Å²) in [5.74, 6) is -4.20. The number of hydrogen-bond donors (Lipinski definition) is 2. The summed E-state index contributed by atoms with van der Waals surface area (Å²) >= 11 is 0. The van der Waals surface area contributed by atoms with Gasteiger partial charge < -0.3 is 19.7 Å². The zero-order valence-electron chi connectivity index (χ0n) is 28.0. The van der Waals surface area contributed by atoms with Gasteiger partial charge in [0.05, 0.1) is 30.3 Å². The molecule has 0 spiro atoms. The molecule has 0 radical (unpaired) electrons. The molecule has 50 heavy (non-hydrogen) atoms. The van der Waals surface area contributed by atoms with Crippen molar-refractivity contribution in [2.24, 2.45) is 0 Å². The Bertz CT molecular complexity index is 1910. The van der Waals surface area contributed by atoms with Crippen LogP contribution in [0, 0.1) is 11.6 Å². The summed E-state index contributed by atoms with van der Waals surface area (Å²) in [6, 6.07) is 22.0. The van der Waals surface area contributed by atoms with Gasteiger partial charge in [-0.25, -0.2) is 18.4 Å². The van der Waals surface area contributed by atoms with Gasteiger partial charge in [-0.05, 0) is 77.1 Å². The molecule has 8 heteroatoms. The third-order valence-electron chi connectivity index (χ3n) is 8.94. The average molecular weight is 679 g/mol. The fourth-order valence-electron chi connectivity index (χ4n) is 6.05. The first kappa shape index (κ1) is 36.1. The molecular weight excluding hydrogens is 638 g/mol. The first-order valence-electron chi connectivity index (χ1n) is 16.5. The van der Waals surface area contributed by atoms with Crippen LogP contribution in [0.2, 0.25) is 0 Å². The average Bonchev–Trinajstić information content (AvgIpc) is 3.14. The molecule has 0 fully saturated rings. The predicted octanol–water partition coefficient (Wildman–Crippen LogP) is 7.84. The summed E-state index contributed by atoms with van der Waals surface area (Å²) < 4.78 is 41.8. The highest BCUT2D eigenvalue weighted by Gasteiger charge is 2.22. The van der Waals surface area contributed by atoms with Crippen molar-refractivity contribution >= 4 is 11.9 Å². The number of allylic oxidation sites excluding steroid dienone is 2. The molecule has 1 aliphatic rings. The first-order valence-corrected chi connectivity index (χ1v) is 16.5. The van der Waals surface area contributed by atoms with Crippen LogP contribution in [0.3, 0.4) is 0 Å². The van der Waals surface area contributed by atoms with Crippen LogP contribution in [0.5, 0.6) is 0 Å². The summed E-state index contributed by atoms with van der Waals surface area (Å²) in [6.07, 6.45) is 7.94. The SMILES string of the molecule is C=C(CO)C(=O)OCC(COC(=O)C(=C)CO)c1ccc(-c2ccc(-c3ccc4c(c3)CCc3cc(CC/C=C/C)ccc3-4)c(F)c2F)cc1. The summed E-state index contributed by atoms with van der Waals surface area (Å²) in [7, 11) is 0. The standard InChI is InChI=1S/C42H40F2O6/c1-4-5-6-7-28-8-16-35-31(20-28)13-14-32-21-33(15-17-36(32)35)38-19-18-37(39(43)40(38)44)30-11-9-29(10-12-30)34(24-49-41(47)26(2)22-45)25-50-42(48)27(3)23-46/h4-5,8-12,15-21,34,45-46H,2-3,6-7,13-14,22-25H2,1H3/b5-4+. The number of aliphatic hydroxyl groups is 2. The molecule has 5 rings (SSSR count). The highest BCUT2D eigenvalue weighted by Crippen LogP contribution is 2.38. The van der Waals surface area contributed by atoms with Crippen molar-refractivity contribution in [3.05, 3.63) is 143 Å². The minimum Gasteiger partial charge on any atom is -0.461 e. The van der Waals surface area contributed by atoms with Crippen LogP contribution >= 0.6 is 0 Å². The Labute approximate surface area is 291 Å². The molecule has 1 aliphatic carbocycles. The van der Waals surface area contributed by atoms with Crippen LogP contribution < -0.4 is 0 Å². The lowest BCUT2D eigenvalue weighted by Gasteiger charge is -2.22. The fourth-order valence-corrected chi connectivity index (χ4v) is 6.05. The monoisotopic (exact) mass is 678 g/mol. The smallest absolute Gasteiger partial charge is 0.335 e. The van der Waals surface area contributed by atoms with Gasteiger partial charge in [0.1, 0.15) is 13.2 Å². The normalized spacial score (nSPS) is 12.0. The molecule has 0 aliphatic heterocycles. The second-order valence-electron chi connectivity index (χ2n) is 12.3. The molecule has 6 nitrogen and oxygen atoms in total. The minimum atomic E-state index is -0.979. The molecule has 0 heterocycles. The van der Waals surface area contributed by atoms with Gasteiger partial charge in [-0.2, -0.15) is 0 Å². The Kier molecular flexibility index (Phi) is 11.9. The number of halogens is 2. The molecular formula is C42H40F2O6. The van der Waals surface area contributed by atoms with Crippen molar-refractivity contribution in [3.63, 3.8) is 0 Å². The molecule has 0 unspecified atom stereocenters. The van der Waals surface area contributed by atoms with E-state index in [9.17, 15) is 9.59 Å². The van der Waals surface area contributed by atoms with Crippen molar-refractivity contribution in [2.45, 2.75) is 38.5 Å². The third kappa shape index (κ3) is 8.16. The van der Waals surface area contributed by atoms with Gasteiger partial charge in [0, 0.05) is 11.1 Å². The number of carbonyl (C=O) groups is 2. The summed E-state index contributed by atoms with van der Waals surface area (Å²) in [5, 5.41) is 18.3. The van der Waals surface area contributed by atoms with E-state index in [-0.39, 0.29) is 35.5 Å². The van der Waals surface area contributed by atoms with Crippen molar-refractivity contribution in [2.75, 3.05) is 26.4 Å². The molecule has 4 aromatic carbocycles. The van der Waals surface area contributed by atoms with Gasteiger partial charge in [0.25, 0.3) is 0 Å². The lowest BCUT2D eigenvalue weighted by molar-refractivity contribution is -0.142. The molecule has 0 amide bonds. The number of hydrogen-bond acceptors (Lipinski definition) is 6. The Morgan fingerprint density at radius 1 is 0.740 bits per heavy atom. The zero-order chi connectivity index (χ0) is 35.8. The van der Waals surface area contributed by atoms with E-state index in [0.29, 0.717) is 16.7 Å². The number of aryl methyl sites for hydroxylation is 3. The van der Waals surface area contributed by atoms with Crippen molar-refractivity contribution in [3.8, 4) is 33.4 Å². The van der Waals surface area contributed by atoms with Crippen molar-refractivity contribution in [1.29, 1.82) is 0 Å². The van der Waals surface area contributed by atoms with Gasteiger partial charge >= 0.3 is 11.9 Å². The van der Waals surface area contributed by atoms with Crippen LogP contribution in [0.15, 0.2) is 109 Å². The van der Waals surface area contributed by atoms with Crippen molar-refractivity contribution < 1.29 is 38.1 Å². The van der Waals surface area contributed by atoms with Crippen LogP contribution in [0.1, 0.15) is 41.5 Å². The van der Waals surface area contributed by atoms with Gasteiger partial charge in [-0.3, -0.25) is 0 Å². The second-order valence-corrected chi connectivity index (χ2v) is 12.3. The predicted molar refractivity (Wildman–Crippen MR) is 190 cm³/mol. The Morgan fingerprint density at radius 3 is 1.80 bits per heavy atom. The number of ether oxygens (including phenoxy) is 2. The van der Waals surface area contributed by atoms with Gasteiger partial charge in [-0.15, -0.1) is 0 Å². The summed E-state index contributed by atoms with van der Waals surface area (Å²) in [5.41, 5.74) is 7.58. The Hall–Kier alpha value is -5.18. The Balaban J connectivity index is 1.35. The summed E-state index contributed by atoms with van der Waals surface area (Å²) in [4.78, 5) is 24.2. The third-order valence-corrected chi connectivity index (χ3v) is 8.94. The van der Waals surface area contributed by atoms with E-state index >= 15 is 8.78 Å². The highest BCUT2D eigenvalue weighted by molar-refractivity contribution is 5.88. The van der Waals surface area contributed by atoms with Gasteiger partial charge in [0.2, 0.25) is 0 Å². The van der Waals surface area contributed by atoms with E-state index in [2.05, 4.69) is 43.5 Å². The quantitative estimate of drug-likeness (QED) is 0.0802. The lowest BCUT2D eigenvalue weighted by Crippen LogP contribution is -2.21. The number of rotatable bonds is 14. The van der Waals surface area contributed by atoms with E-state index in [1.165, 1.54) is 16.7 Å². The number of fused-ring (bicyclic) bond motifs is 3. The topological polar surface area (TPSA) is 93.1 Å². The highest BCUT2D eigenvalue weighted by atomic mass is 19.2. The molecule has 0 saturated heterocycles. The summed E-state index contributed by atoms with van der Waals surface area (Å²) in [6.45, 7) is 7.30. The minimum absolute atomic E-state index is 0.0721. The maximum Gasteiger partial charge on any atom is 0.335 e. The Morgan fingerprint density at radius 2 is 1.24 bits per heavy atom. The first-order chi connectivity index (χ1) is 24.1. The number of esters is 2. The molecule has 0 bridgehead atoms. The molecule has 258 valence electrons.